The predicted octanol–water partition coefficient (Wildman–Crippen LogP) is 1.98. The molecule has 0 radical (unpaired) electrons. The maximum atomic E-state index is 13.2. The first-order valence-corrected chi connectivity index (χ1v) is 9.82. The number of hydrogen-bond donors (Lipinski definition) is 2. The minimum Gasteiger partial charge on any atom is -0.378 e. The molecule has 1 amide bonds. The lowest BCUT2D eigenvalue weighted by Crippen LogP contribution is -2.41. The number of rotatable bonds is 2. The Kier molecular flexibility index (Phi) is 4.45. The summed E-state index contributed by atoms with van der Waals surface area (Å²) in [5, 5.41) is 14.3. The second-order valence-corrected chi connectivity index (χ2v) is 7.39. The smallest absolute Gasteiger partial charge is 0.258 e. The van der Waals surface area contributed by atoms with Crippen molar-refractivity contribution in [1.29, 1.82) is 5.26 Å². The van der Waals surface area contributed by atoms with Crippen LogP contribution in [-0.2, 0) is 9.53 Å². The van der Waals surface area contributed by atoms with Crippen LogP contribution in [0.3, 0.4) is 0 Å². The molecule has 3 aromatic rings. The second kappa shape index (κ2) is 7.28. The largest absolute Gasteiger partial charge is 0.378 e. The van der Waals surface area contributed by atoms with E-state index in [0.29, 0.717) is 37.8 Å². The zero-order valence-electron chi connectivity index (χ0n) is 16.1. The lowest BCUT2D eigenvalue weighted by molar-refractivity contribution is -0.119. The van der Waals surface area contributed by atoms with Crippen LogP contribution >= 0.6 is 0 Å². The van der Waals surface area contributed by atoms with E-state index in [1.165, 1.54) is 0 Å². The monoisotopic (exact) mass is 401 g/mol. The van der Waals surface area contributed by atoms with Gasteiger partial charge in [0.25, 0.3) is 5.56 Å². The molecule has 0 aliphatic carbocycles. The summed E-state index contributed by atoms with van der Waals surface area (Å²) >= 11 is 0. The predicted molar refractivity (Wildman–Crippen MR) is 111 cm³/mol. The van der Waals surface area contributed by atoms with Gasteiger partial charge in [-0.2, -0.15) is 10.2 Å². The highest BCUT2D eigenvalue weighted by Gasteiger charge is 2.41. The van der Waals surface area contributed by atoms with E-state index in [9.17, 15) is 14.9 Å². The van der Waals surface area contributed by atoms with Gasteiger partial charge in [-0.05, 0) is 16.3 Å². The third-order valence-electron chi connectivity index (χ3n) is 5.72. The first-order chi connectivity index (χ1) is 14.7. The number of nitrogens with zero attached hydrogens (tertiary/aromatic N) is 3. The van der Waals surface area contributed by atoms with Gasteiger partial charge in [-0.25, -0.2) is 0 Å². The molecule has 8 nitrogen and oxygen atoms in total. The van der Waals surface area contributed by atoms with Crippen LogP contribution in [-0.4, -0.2) is 42.2 Å². The minimum atomic E-state index is -1.03. The van der Waals surface area contributed by atoms with E-state index < -0.39 is 17.7 Å². The number of carbonyl (C=O) groups excluding carboxylic acids is 1. The van der Waals surface area contributed by atoms with Gasteiger partial charge in [0.05, 0.1) is 24.8 Å². The van der Waals surface area contributed by atoms with E-state index in [1.54, 1.807) is 0 Å². The SMILES string of the molecule is N#CC1C(=O)Nc2nc(N3CCOCC3)[nH]c(=O)c2C1c1cccc2ccccc12. The summed E-state index contributed by atoms with van der Waals surface area (Å²) < 4.78 is 5.36. The Morgan fingerprint density at radius 2 is 1.87 bits per heavy atom. The van der Waals surface area contributed by atoms with Crippen molar-refractivity contribution in [3.8, 4) is 6.07 Å². The zero-order valence-corrected chi connectivity index (χ0v) is 16.1. The van der Waals surface area contributed by atoms with Crippen molar-refractivity contribution < 1.29 is 9.53 Å². The van der Waals surface area contributed by atoms with Gasteiger partial charge in [-0.15, -0.1) is 0 Å². The molecule has 0 bridgehead atoms. The first-order valence-electron chi connectivity index (χ1n) is 9.82. The maximum Gasteiger partial charge on any atom is 0.258 e. The van der Waals surface area contributed by atoms with E-state index in [2.05, 4.69) is 21.4 Å². The molecule has 0 spiro atoms. The number of nitriles is 1. The molecule has 2 aromatic carbocycles. The van der Waals surface area contributed by atoms with Crippen LogP contribution in [0.2, 0.25) is 0 Å². The van der Waals surface area contributed by atoms with Gasteiger partial charge in [0.1, 0.15) is 11.7 Å². The molecule has 2 N–H and O–H groups in total. The summed E-state index contributed by atoms with van der Waals surface area (Å²) in [5.74, 6) is -1.57. The number of nitrogens with one attached hydrogen (secondary N) is 2. The number of aromatic amines is 1. The number of ether oxygens (including phenoxy) is 1. The Labute approximate surface area is 172 Å². The van der Waals surface area contributed by atoms with Crippen LogP contribution in [0.1, 0.15) is 17.0 Å². The molecule has 5 rings (SSSR count). The summed E-state index contributed by atoms with van der Waals surface area (Å²) in [6.07, 6.45) is 0. The standard InChI is InChI=1S/C22H19N5O3/c23-12-16-17(15-7-3-5-13-4-1-2-6-14(13)15)18-19(24-20(16)28)25-22(26-21(18)29)27-8-10-30-11-9-27/h1-7,16-17H,8-11H2,(H2,24,25,26,28,29). The quantitative estimate of drug-likeness (QED) is 0.679. The van der Waals surface area contributed by atoms with E-state index in [0.717, 1.165) is 16.3 Å². The van der Waals surface area contributed by atoms with Gasteiger partial charge in [-0.1, -0.05) is 42.5 Å². The van der Waals surface area contributed by atoms with Crippen LogP contribution in [0.25, 0.3) is 10.8 Å². The number of benzene rings is 2. The molecule has 3 heterocycles. The highest BCUT2D eigenvalue weighted by Crippen LogP contribution is 2.40. The number of amides is 1. The number of hydrogen-bond acceptors (Lipinski definition) is 6. The molecule has 1 saturated heterocycles. The van der Waals surface area contributed by atoms with Gasteiger partial charge >= 0.3 is 0 Å². The summed E-state index contributed by atoms with van der Waals surface area (Å²) in [6.45, 7) is 2.29. The van der Waals surface area contributed by atoms with E-state index >= 15 is 0 Å². The van der Waals surface area contributed by atoms with Gasteiger partial charge in [-0.3, -0.25) is 14.6 Å². The number of morpholine rings is 1. The first kappa shape index (κ1) is 18.3. The number of carbonyl (C=O) groups is 1. The molecule has 2 atom stereocenters. The van der Waals surface area contributed by atoms with Crippen molar-refractivity contribution in [2.45, 2.75) is 5.92 Å². The van der Waals surface area contributed by atoms with E-state index in [4.69, 9.17) is 4.74 Å². The van der Waals surface area contributed by atoms with Crippen molar-refractivity contribution in [1.82, 2.24) is 9.97 Å². The molecule has 1 fully saturated rings. The van der Waals surface area contributed by atoms with Crippen LogP contribution in [0.4, 0.5) is 11.8 Å². The van der Waals surface area contributed by atoms with Crippen molar-refractivity contribution in [3.05, 3.63) is 63.9 Å². The van der Waals surface area contributed by atoms with E-state index in [1.807, 2.05) is 47.4 Å². The van der Waals surface area contributed by atoms with E-state index in [-0.39, 0.29) is 11.4 Å². The fraction of sp³-hybridized carbons (Fsp3) is 0.273. The Hall–Kier alpha value is -3.70. The Balaban J connectivity index is 1.71. The van der Waals surface area contributed by atoms with Crippen molar-refractivity contribution in [3.63, 3.8) is 0 Å². The highest BCUT2D eigenvalue weighted by atomic mass is 16.5. The van der Waals surface area contributed by atoms with Crippen LogP contribution in [0.15, 0.2) is 47.3 Å². The fourth-order valence-electron chi connectivity index (χ4n) is 4.28. The minimum absolute atomic E-state index is 0.217. The average molecular weight is 401 g/mol. The Morgan fingerprint density at radius 1 is 1.10 bits per heavy atom. The average Bonchev–Trinajstić information content (AvgIpc) is 2.78. The van der Waals surface area contributed by atoms with Gasteiger partial charge in [0, 0.05) is 19.0 Å². The number of anilines is 2. The molecule has 150 valence electrons. The summed E-state index contributed by atoms with van der Waals surface area (Å²) in [4.78, 5) is 35.3. The lowest BCUT2D eigenvalue weighted by Gasteiger charge is -2.31. The topological polar surface area (TPSA) is 111 Å². The zero-order chi connectivity index (χ0) is 20.7. The summed E-state index contributed by atoms with van der Waals surface area (Å²) in [6, 6.07) is 15.5. The number of aromatic nitrogens is 2. The third kappa shape index (κ3) is 2.91. The second-order valence-electron chi connectivity index (χ2n) is 7.39. The molecular formula is C22H19N5O3. The van der Waals surface area contributed by atoms with Crippen LogP contribution < -0.4 is 15.8 Å². The molecule has 2 aliphatic heterocycles. The fourth-order valence-corrected chi connectivity index (χ4v) is 4.28. The molecule has 0 saturated carbocycles. The van der Waals surface area contributed by atoms with Crippen molar-refractivity contribution in [2.75, 3.05) is 36.5 Å². The van der Waals surface area contributed by atoms with Gasteiger partial charge in [0.15, 0.2) is 0 Å². The number of fused-ring (bicyclic) bond motifs is 2. The molecule has 2 aliphatic rings. The Morgan fingerprint density at radius 3 is 2.67 bits per heavy atom. The van der Waals surface area contributed by atoms with Gasteiger partial charge < -0.3 is 15.0 Å². The molecule has 30 heavy (non-hydrogen) atoms. The lowest BCUT2D eigenvalue weighted by atomic mass is 9.77. The van der Waals surface area contributed by atoms with Crippen LogP contribution in [0, 0.1) is 17.2 Å². The molecular weight excluding hydrogens is 382 g/mol. The normalized spacial score (nSPS) is 21.0. The van der Waals surface area contributed by atoms with Crippen LogP contribution in [0.5, 0.6) is 0 Å². The van der Waals surface area contributed by atoms with Crippen molar-refractivity contribution >= 4 is 28.4 Å². The van der Waals surface area contributed by atoms with Crippen molar-refractivity contribution in [2.24, 2.45) is 5.92 Å². The third-order valence-corrected chi connectivity index (χ3v) is 5.72. The molecule has 2 unspecified atom stereocenters. The van der Waals surface area contributed by atoms with Gasteiger partial charge in [0.2, 0.25) is 11.9 Å². The summed E-state index contributed by atoms with van der Waals surface area (Å²) in [7, 11) is 0. The molecule has 1 aromatic heterocycles. The summed E-state index contributed by atoms with van der Waals surface area (Å²) in [5.41, 5.74) is 0.733. The maximum absolute atomic E-state index is 13.2. The number of H-pyrrole nitrogens is 1. The molecule has 8 heteroatoms. The highest BCUT2D eigenvalue weighted by molar-refractivity contribution is 5.99. The Bertz CT molecular complexity index is 1230.